The number of nitrogens with zero attached hydrogens (tertiary/aromatic N) is 2. The standard InChI is InChI=1S/C20H22N2OS2/c1-13-11-15(14(2)22(13)20(3,4)5)12-17-18(23)21(19(24)25-17)16-9-7-6-8-10-16/h6-12H,1-5H3/b17-12+. The van der Waals surface area contributed by atoms with Crippen LogP contribution < -0.4 is 4.90 Å². The summed E-state index contributed by atoms with van der Waals surface area (Å²) in [7, 11) is 0. The molecule has 5 heteroatoms. The normalized spacial score (nSPS) is 17.0. The third-order valence-corrected chi connectivity index (χ3v) is 5.54. The first-order chi connectivity index (χ1) is 11.7. The summed E-state index contributed by atoms with van der Waals surface area (Å²) in [5.41, 5.74) is 4.24. The van der Waals surface area contributed by atoms with Crippen LogP contribution in [0.3, 0.4) is 0 Å². The molecule has 0 radical (unpaired) electrons. The Morgan fingerprint density at radius 2 is 1.76 bits per heavy atom. The molecule has 2 aromatic rings. The first kappa shape index (κ1) is 18.0. The molecule has 2 heterocycles. The summed E-state index contributed by atoms with van der Waals surface area (Å²) in [6.07, 6.45) is 1.97. The van der Waals surface area contributed by atoms with E-state index in [0.717, 1.165) is 16.9 Å². The van der Waals surface area contributed by atoms with Gasteiger partial charge in [-0.1, -0.05) is 42.2 Å². The zero-order chi connectivity index (χ0) is 18.4. The Hall–Kier alpha value is -1.85. The van der Waals surface area contributed by atoms with E-state index in [-0.39, 0.29) is 11.4 Å². The molecule has 0 atom stereocenters. The summed E-state index contributed by atoms with van der Waals surface area (Å²) in [6, 6.07) is 11.7. The average molecular weight is 371 g/mol. The van der Waals surface area contributed by atoms with Crippen LogP contribution in [0.2, 0.25) is 0 Å². The van der Waals surface area contributed by atoms with Gasteiger partial charge in [-0.2, -0.15) is 0 Å². The van der Waals surface area contributed by atoms with Gasteiger partial charge in [0.25, 0.3) is 5.91 Å². The molecule has 1 saturated heterocycles. The quantitative estimate of drug-likeness (QED) is 0.532. The van der Waals surface area contributed by atoms with Gasteiger partial charge >= 0.3 is 0 Å². The largest absolute Gasteiger partial charge is 0.343 e. The van der Waals surface area contributed by atoms with Crippen molar-refractivity contribution < 1.29 is 4.79 Å². The average Bonchev–Trinajstić information content (AvgIpc) is 2.96. The zero-order valence-electron chi connectivity index (χ0n) is 15.2. The highest BCUT2D eigenvalue weighted by Gasteiger charge is 2.33. The summed E-state index contributed by atoms with van der Waals surface area (Å²) < 4.78 is 2.88. The summed E-state index contributed by atoms with van der Waals surface area (Å²) in [5, 5.41) is 0. The SMILES string of the molecule is Cc1cc(/C=C2/SC(=S)N(c3ccccc3)C2=O)c(C)n1C(C)(C)C. The van der Waals surface area contributed by atoms with E-state index in [2.05, 4.69) is 45.3 Å². The maximum absolute atomic E-state index is 12.9. The Bertz CT molecular complexity index is 873. The lowest BCUT2D eigenvalue weighted by Crippen LogP contribution is -2.27. The molecule has 0 N–H and O–H groups in total. The molecule has 0 spiro atoms. The molecule has 0 saturated carbocycles. The third-order valence-electron chi connectivity index (χ3n) is 4.24. The molecule has 130 valence electrons. The van der Waals surface area contributed by atoms with Gasteiger partial charge in [-0.15, -0.1) is 0 Å². The van der Waals surface area contributed by atoms with Crippen molar-refractivity contribution in [2.75, 3.05) is 4.90 Å². The van der Waals surface area contributed by atoms with Crippen LogP contribution in [0.25, 0.3) is 6.08 Å². The maximum atomic E-state index is 12.9. The van der Waals surface area contributed by atoms with Crippen LogP contribution >= 0.6 is 24.0 Å². The third kappa shape index (κ3) is 3.31. The van der Waals surface area contributed by atoms with Gasteiger partial charge in [0, 0.05) is 16.9 Å². The fourth-order valence-corrected chi connectivity index (χ4v) is 4.66. The van der Waals surface area contributed by atoms with E-state index in [1.54, 1.807) is 4.90 Å². The number of carbonyl (C=O) groups excluding carboxylic acids is 1. The number of amides is 1. The fourth-order valence-electron chi connectivity index (χ4n) is 3.37. The molecule has 0 aliphatic carbocycles. The van der Waals surface area contributed by atoms with Gasteiger partial charge in [0.2, 0.25) is 0 Å². The molecule has 1 fully saturated rings. The second-order valence-electron chi connectivity index (χ2n) is 7.19. The number of thioether (sulfide) groups is 1. The van der Waals surface area contributed by atoms with Gasteiger partial charge in [-0.25, -0.2) is 0 Å². The summed E-state index contributed by atoms with van der Waals surface area (Å²) in [5.74, 6) is -0.0539. The van der Waals surface area contributed by atoms with Gasteiger partial charge in [0.05, 0.1) is 10.6 Å². The number of para-hydroxylation sites is 1. The van der Waals surface area contributed by atoms with Crippen molar-refractivity contribution in [2.24, 2.45) is 0 Å². The van der Waals surface area contributed by atoms with Gasteiger partial charge < -0.3 is 4.57 Å². The van der Waals surface area contributed by atoms with Crippen molar-refractivity contribution in [1.82, 2.24) is 4.57 Å². The summed E-state index contributed by atoms with van der Waals surface area (Å²) >= 11 is 6.80. The molecule has 3 rings (SSSR count). The highest BCUT2D eigenvalue weighted by molar-refractivity contribution is 8.27. The van der Waals surface area contributed by atoms with Gasteiger partial charge in [-0.05, 0) is 64.5 Å². The highest BCUT2D eigenvalue weighted by atomic mass is 32.2. The number of rotatable bonds is 2. The Balaban J connectivity index is 1.99. The monoisotopic (exact) mass is 370 g/mol. The highest BCUT2D eigenvalue weighted by Crippen LogP contribution is 2.37. The minimum absolute atomic E-state index is 0.00310. The van der Waals surface area contributed by atoms with Crippen molar-refractivity contribution in [1.29, 1.82) is 0 Å². The molecule has 1 aromatic heterocycles. The molecular weight excluding hydrogens is 348 g/mol. The van der Waals surface area contributed by atoms with Crippen LogP contribution in [0.1, 0.15) is 37.7 Å². The van der Waals surface area contributed by atoms with E-state index >= 15 is 0 Å². The number of carbonyl (C=O) groups is 1. The lowest BCUT2D eigenvalue weighted by atomic mass is 10.1. The Kier molecular flexibility index (Phi) is 4.64. The first-order valence-electron chi connectivity index (χ1n) is 8.22. The molecule has 1 aliphatic heterocycles. The van der Waals surface area contributed by atoms with Crippen molar-refractivity contribution in [3.05, 3.63) is 58.3 Å². The molecule has 1 aromatic carbocycles. The number of hydrogen-bond donors (Lipinski definition) is 0. The van der Waals surface area contributed by atoms with Gasteiger partial charge in [-0.3, -0.25) is 9.69 Å². The number of aromatic nitrogens is 1. The van der Waals surface area contributed by atoms with Crippen LogP contribution in [0.4, 0.5) is 5.69 Å². The van der Waals surface area contributed by atoms with E-state index in [1.165, 1.54) is 17.5 Å². The zero-order valence-corrected chi connectivity index (χ0v) is 16.8. The lowest BCUT2D eigenvalue weighted by Gasteiger charge is -2.25. The second kappa shape index (κ2) is 6.46. The molecule has 1 amide bonds. The molecular formula is C20H22N2OS2. The fraction of sp³-hybridized carbons (Fsp3) is 0.300. The van der Waals surface area contributed by atoms with Crippen molar-refractivity contribution in [2.45, 2.75) is 40.2 Å². The van der Waals surface area contributed by atoms with E-state index < -0.39 is 0 Å². The van der Waals surface area contributed by atoms with E-state index in [1.807, 2.05) is 36.4 Å². The minimum Gasteiger partial charge on any atom is -0.343 e. The van der Waals surface area contributed by atoms with Crippen LogP contribution in [0, 0.1) is 13.8 Å². The van der Waals surface area contributed by atoms with Gasteiger partial charge in [0.15, 0.2) is 4.32 Å². The Morgan fingerprint density at radius 1 is 1.12 bits per heavy atom. The molecule has 3 nitrogen and oxygen atoms in total. The lowest BCUT2D eigenvalue weighted by molar-refractivity contribution is -0.113. The first-order valence-corrected chi connectivity index (χ1v) is 9.45. The number of anilines is 1. The molecule has 0 unspecified atom stereocenters. The molecule has 25 heavy (non-hydrogen) atoms. The van der Waals surface area contributed by atoms with Crippen molar-refractivity contribution >= 4 is 46.0 Å². The summed E-state index contributed by atoms with van der Waals surface area (Å²) in [6.45, 7) is 10.8. The summed E-state index contributed by atoms with van der Waals surface area (Å²) in [4.78, 5) is 15.1. The smallest absolute Gasteiger partial charge is 0.270 e. The Morgan fingerprint density at radius 3 is 2.32 bits per heavy atom. The molecule has 0 bridgehead atoms. The van der Waals surface area contributed by atoms with Crippen LogP contribution in [-0.2, 0) is 10.3 Å². The predicted octanol–water partition coefficient (Wildman–Crippen LogP) is 5.27. The van der Waals surface area contributed by atoms with Crippen LogP contribution in [0.5, 0.6) is 0 Å². The van der Waals surface area contributed by atoms with Crippen molar-refractivity contribution in [3.8, 4) is 0 Å². The second-order valence-corrected chi connectivity index (χ2v) is 8.86. The van der Waals surface area contributed by atoms with Crippen LogP contribution in [-0.4, -0.2) is 14.8 Å². The van der Waals surface area contributed by atoms with Crippen molar-refractivity contribution in [3.63, 3.8) is 0 Å². The number of benzene rings is 1. The minimum atomic E-state index is -0.0539. The number of thiocarbonyl (C=S) groups is 1. The van der Waals surface area contributed by atoms with Gasteiger partial charge in [0.1, 0.15) is 0 Å². The van der Waals surface area contributed by atoms with E-state index in [0.29, 0.717) is 9.23 Å². The predicted molar refractivity (Wildman–Crippen MR) is 111 cm³/mol. The Labute approximate surface area is 158 Å². The number of hydrogen-bond acceptors (Lipinski definition) is 3. The van der Waals surface area contributed by atoms with E-state index in [9.17, 15) is 4.79 Å². The van der Waals surface area contributed by atoms with Crippen LogP contribution in [0.15, 0.2) is 41.3 Å². The maximum Gasteiger partial charge on any atom is 0.270 e. The topological polar surface area (TPSA) is 25.2 Å². The van der Waals surface area contributed by atoms with E-state index in [4.69, 9.17) is 12.2 Å². The number of aryl methyl sites for hydroxylation is 1. The molecule has 1 aliphatic rings.